The van der Waals surface area contributed by atoms with Crippen molar-refractivity contribution in [2.24, 2.45) is 0 Å². The molecular weight excluding hydrogens is 190 g/mol. The van der Waals surface area contributed by atoms with Crippen molar-refractivity contribution in [2.75, 3.05) is 0 Å². The van der Waals surface area contributed by atoms with Gasteiger partial charge in [0.1, 0.15) is 0 Å². The van der Waals surface area contributed by atoms with E-state index in [9.17, 15) is 0 Å². The molecule has 0 amide bonds. The molecule has 62 valence electrons. The summed E-state index contributed by atoms with van der Waals surface area (Å²) in [6, 6.07) is 4.26. The predicted molar refractivity (Wildman–Crippen MR) is 50.5 cm³/mol. The van der Waals surface area contributed by atoms with Gasteiger partial charge in [0.25, 0.3) is 0 Å². The second kappa shape index (κ2) is 2.76. The highest BCUT2D eigenvalue weighted by Gasteiger charge is 2.41. The monoisotopic (exact) mass is 197 g/mol. The maximum absolute atomic E-state index is 9.03. The Labute approximate surface area is 80.6 Å². The zero-order valence-electron chi connectivity index (χ0n) is 6.51. The molecule has 1 aromatic rings. The summed E-state index contributed by atoms with van der Waals surface area (Å²) >= 11 is 7.58. The van der Waals surface area contributed by atoms with Crippen LogP contribution in [0, 0.1) is 11.3 Å². The molecule has 1 nitrogen and oxygen atoms in total. The Hall–Kier alpha value is -0.520. The van der Waals surface area contributed by atoms with E-state index in [0.29, 0.717) is 0 Å². The quantitative estimate of drug-likeness (QED) is 0.678. The summed E-state index contributed by atoms with van der Waals surface area (Å²) in [5, 5.41) is 11.7. The summed E-state index contributed by atoms with van der Waals surface area (Å²) in [7, 11) is 0. The molecule has 0 spiro atoms. The highest BCUT2D eigenvalue weighted by atomic mass is 35.5. The summed E-state index contributed by atoms with van der Waals surface area (Å²) < 4.78 is 0. The van der Waals surface area contributed by atoms with Crippen LogP contribution in [-0.2, 0) is 5.41 Å². The average molecular weight is 198 g/mol. The zero-order valence-corrected chi connectivity index (χ0v) is 8.08. The van der Waals surface area contributed by atoms with Crippen LogP contribution in [0.15, 0.2) is 11.4 Å². The van der Waals surface area contributed by atoms with Crippen LogP contribution in [0.2, 0.25) is 5.02 Å². The molecule has 0 aromatic carbocycles. The van der Waals surface area contributed by atoms with E-state index < -0.39 is 0 Å². The zero-order chi connectivity index (χ0) is 8.60. The Bertz CT molecular complexity index is 333. The Morgan fingerprint density at radius 2 is 2.33 bits per heavy atom. The van der Waals surface area contributed by atoms with Crippen LogP contribution in [0.4, 0.5) is 0 Å². The van der Waals surface area contributed by atoms with Crippen molar-refractivity contribution in [3.63, 3.8) is 0 Å². The third-order valence-corrected chi connectivity index (χ3v) is 4.02. The van der Waals surface area contributed by atoms with Crippen LogP contribution in [-0.4, -0.2) is 0 Å². The second-order valence-corrected chi connectivity index (χ2v) is 4.47. The summed E-state index contributed by atoms with van der Waals surface area (Å²) in [6.07, 6.45) is 3.11. The van der Waals surface area contributed by atoms with Crippen LogP contribution in [0.3, 0.4) is 0 Å². The Morgan fingerprint density at radius 3 is 2.67 bits per heavy atom. The molecule has 0 aliphatic heterocycles. The SMILES string of the molecule is N#CC1(c2sccc2Cl)CCC1. The lowest BCUT2D eigenvalue weighted by Gasteiger charge is -2.34. The normalized spacial score (nSPS) is 19.7. The third kappa shape index (κ3) is 0.972. The number of hydrogen-bond donors (Lipinski definition) is 0. The fraction of sp³-hybridized carbons (Fsp3) is 0.444. The van der Waals surface area contributed by atoms with Crippen molar-refractivity contribution in [1.29, 1.82) is 5.26 Å². The van der Waals surface area contributed by atoms with Gasteiger partial charge in [0.05, 0.1) is 16.5 Å². The number of halogens is 1. The molecular formula is C9H8ClNS. The number of nitrogens with zero attached hydrogens (tertiary/aromatic N) is 1. The van der Waals surface area contributed by atoms with Gasteiger partial charge in [-0.05, 0) is 30.7 Å². The molecule has 2 rings (SSSR count). The second-order valence-electron chi connectivity index (χ2n) is 3.15. The minimum Gasteiger partial charge on any atom is -0.197 e. The van der Waals surface area contributed by atoms with E-state index in [2.05, 4.69) is 6.07 Å². The first-order chi connectivity index (χ1) is 5.78. The van der Waals surface area contributed by atoms with Crippen LogP contribution in [0.1, 0.15) is 24.1 Å². The van der Waals surface area contributed by atoms with E-state index in [1.165, 1.54) is 0 Å². The van der Waals surface area contributed by atoms with E-state index >= 15 is 0 Å². The van der Waals surface area contributed by atoms with Crippen molar-refractivity contribution in [3.8, 4) is 6.07 Å². The molecule has 3 heteroatoms. The van der Waals surface area contributed by atoms with Crippen molar-refractivity contribution in [3.05, 3.63) is 21.3 Å². The summed E-state index contributed by atoms with van der Waals surface area (Å²) in [5.41, 5.74) is -0.231. The first-order valence-electron chi connectivity index (χ1n) is 3.93. The van der Waals surface area contributed by atoms with Crippen molar-refractivity contribution < 1.29 is 0 Å². The van der Waals surface area contributed by atoms with E-state index in [1.807, 2.05) is 11.4 Å². The van der Waals surface area contributed by atoms with Gasteiger partial charge in [-0.2, -0.15) is 5.26 Å². The molecule has 1 heterocycles. The number of nitriles is 1. The first-order valence-corrected chi connectivity index (χ1v) is 5.19. The molecule has 1 saturated carbocycles. The van der Waals surface area contributed by atoms with Crippen LogP contribution < -0.4 is 0 Å². The van der Waals surface area contributed by atoms with Gasteiger partial charge in [0.2, 0.25) is 0 Å². The van der Waals surface area contributed by atoms with Gasteiger partial charge in [0.15, 0.2) is 0 Å². The van der Waals surface area contributed by atoms with Gasteiger partial charge in [-0.3, -0.25) is 0 Å². The van der Waals surface area contributed by atoms with E-state index in [-0.39, 0.29) is 5.41 Å². The topological polar surface area (TPSA) is 23.8 Å². The van der Waals surface area contributed by atoms with Gasteiger partial charge in [0, 0.05) is 4.88 Å². The molecule has 0 saturated heterocycles. The van der Waals surface area contributed by atoms with Gasteiger partial charge in [-0.25, -0.2) is 0 Å². The largest absolute Gasteiger partial charge is 0.197 e. The fourth-order valence-electron chi connectivity index (χ4n) is 1.56. The van der Waals surface area contributed by atoms with Gasteiger partial charge < -0.3 is 0 Å². The number of thiophene rings is 1. The standard InChI is InChI=1S/C9H8ClNS/c10-7-2-5-12-8(7)9(6-11)3-1-4-9/h2,5H,1,3-4H2. The molecule has 1 aliphatic carbocycles. The smallest absolute Gasteiger partial charge is 0.0929 e. The van der Waals surface area contributed by atoms with Gasteiger partial charge in [-0.1, -0.05) is 11.6 Å². The fourth-order valence-corrected chi connectivity index (χ4v) is 3.00. The lowest BCUT2D eigenvalue weighted by atomic mass is 9.69. The van der Waals surface area contributed by atoms with Gasteiger partial charge in [-0.15, -0.1) is 11.3 Å². The predicted octanol–water partition coefficient (Wildman–Crippen LogP) is 3.35. The summed E-state index contributed by atoms with van der Waals surface area (Å²) in [5.74, 6) is 0. The van der Waals surface area contributed by atoms with Crippen molar-refractivity contribution >= 4 is 22.9 Å². The van der Waals surface area contributed by atoms with Crippen LogP contribution in [0.5, 0.6) is 0 Å². The van der Waals surface area contributed by atoms with Crippen LogP contribution >= 0.6 is 22.9 Å². The highest BCUT2D eigenvalue weighted by molar-refractivity contribution is 7.10. The molecule has 0 unspecified atom stereocenters. The maximum atomic E-state index is 9.03. The molecule has 0 radical (unpaired) electrons. The lowest BCUT2D eigenvalue weighted by Crippen LogP contribution is -2.31. The molecule has 1 aliphatic rings. The lowest BCUT2D eigenvalue weighted by molar-refractivity contribution is 0.330. The first kappa shape index (κ1) is 8.10. The minimum absolute atomic E-state index is 0.231. The van der Waals surface area contributed by atoms with E-state index in [0.717, 1.165) is 29.2 Å². The minimum atomic E-state index is -0.231. The molecule has 0 bridgehead atoms. The maximum Gasteiger partial charge on any atom is 0.0929 e. The molecule has 0 N–H and O–H groups in total. The molecule has 12 heavy (non-hydrogen) atoms. The Morgan fingerprint density at radius 1 is 1.58 bits per heavy atom. The number of hydrogen-bond acceptors (Lipinski definition) is 2. The van der Waals surface area contributed by atoms with E-state index in [1.54, 1.807) is 11.3 Å². The van der Waals surface area contributed by atoms with Crippen molar-refractivity contribution in [2.45, 2.75) is 24.7 Å². The Balaban J connectivity index is 2.42. The van der Waals surface area contributed by atoms with Crippen LogP contribution in [0.25, 0.3) is 0 Å². The highest BCUT2D eigenvalue weighted by Crippen LogP contribution is 2.47. The molecule has 1 aromatic heterocycles. The Kier molecular flexibility index (Phi) is 1.86. The number of rotatable bonds is 1. The van der Waals surface area contributed by atoms with Crippen molar-refractivity contribution in [1.82, 2.24) is 0 Å². The average Bonchev–Trinajstić information content (AvgIpc) is 2.36. The third-order valence-electron chi connectivity index (χ3n) is 2.47. The molecule has 1 fully saturated rings. The van der Waals surface area contributed by atoms with E-state index in [4.69, 9.17) is 16.9 Å². The van der Waals surface area contributed by atoms with Gasteiger partial charge >= 0.3 is 0 Å². The molecule has 0 atom stereocenters. The summed E-state index contributed by atoms with van der Waals surface area (Å²) in [4.78, 5) is 1.07. The summed E-state index contributed by atoms with van der Waals surface area (Å²) in [6.45, 7) is 0.